The molecular weight excluding hydrogens is 222 g/mol. The fraction of sp³-hybridized carbons (Fsp3) is 0.133. The first-order valence-corrected chi connectivity index (χ1v) is 6.09. The van der Waals surface area contributed by atoms with Gasteiger partial charge in [-0.25, -0.2) is 4.98 Å². The van der Waals surface area contributed by atoms with Gasteiger partial charge in [0.1, 0.15) is 5.65 Å². The van der Waals surface area contributed by atoms with Crippen molar-refractivity contribution in [3.8, 4) is 0 Å². The molecule has 3 aromatic rings. The first-order chi connectivity index (χ1) is 8.93. The van der Waals surface area contributed by atoms with Crippen LogP contribution in [0.2, 0.25) is 0 Å². The topological polar surface area (TPSA) is 29.3 Å². The molecule has 0 aliphatic carbocycles. The summed E-state index contributed by atoms with van der Waals surface area (Å²) >= 11 is 0. The molecule has 0 unspecified atom stereocenters. The van der Waals surface area contributed by atoms with Crippen molar-refractivity contribution < 1.29 is 0 Å². The largest absolute Gasteiger partial charge is 0.307 e. The zero-order chi connectivity index (χ0) is 12.2. The molecular formula is C15H15N3. The Morgan fingerprint density at radius 1 is 0.944 bits per heavy atom. The van der Waals surface area contributed by atoms with Gasteiger partial charge in [-0.2, -0.15) is 0 Å². The molecule has 0 saturated carbocycles. The Morgan fingerprint density at radius 2 is 1.78 bits per heavy atom. The van der Waals surface area contributed by atoms with Gasteiger partial charge < -0.3 is 9.72 Å². The predicted molar refractivity (Wildman–Crippen MR) is 72.2 cm³/mol. The van der Waals surface area contributed by atoms with Crippen molar-refractivity contribution in [3.05, 3.63) is 72.2 Å². The van der Waals surface area contributed by atoms with Gasteiger partial charge in [-0.3, -0.25) is 0 Å². The van der Waals surface area contributed by atoms with E-state index in [1.807, 2.05) is 36.7 Å². The second kappa shape index (κ2) is 5.02. The monoisotopic (exact) mass is 237 g/mol. The summed E-state index contributed by atoms with van der Waals surface area (Å²) in [6, 6.07) is 16.5. The van der Waals surface area contributed by atoms with Crippen molar-refractivity contribution in [1.82, 2.24) is 14.7 Å². The van der Waals surface area contributed by atoms with Crippen LogP contribution >= 0.6 is 0 Å². The van der Waals surface area contributed by atoms with E-state index in [1.54, 1.807) is 0 Å². The Morgan fingerprint density at radius 3 is 2.67 bits per heavy atom. The molecule has 0 saturated heterocycles. The summed E-state index contributed by atoms with van der Waals surface area (Å²) in [5.41, 5.74) is 3.47. The van der Waals surface area contributed by atoms with E-state index in [4.69, 9.17) is 0 Å². The summed E-state index contributed by atoms with van der Waals surface area (Å²) in [7, 11) is 0. The molecule has 0 amide bonds. The molecule has 2 aromatic heterocycles. The van der Waals surface area contributed by atoms with Crippen LogP contribution in [0.4, 0.5) is 0 Å². The summed E-state index contributed by atoms with van der Waals surface area (Å²) in [5.74, 6) is 0. The Kier molecular flexibility index (Phi) is 3.07. The van der Waals surface area contributed by atoms with E-state index in [1.165, 1.54) is 11.3 Å². The summed E-state index contributed by atoms with van der Waals surface area (Å²) in [4.78, 5) is 4.37. The maximum atomic E-state index is 4.37. The third-order valence-corrected chi connectivity index (χ3v) is 2.97. The molecule has 0 fully saturated rings. The molecule has 0 atom stereocenters. The van der Waals surface area contributed by atoms with Crippen LogP contribution in [0.25, 0.3) is 5.65 Å². The van der Waals surface area contributed by atoms with Gasteiger partial charge in [0.25, 0.3) is 0 Å². The lowest BCUT2D eigenvalue weighted by molar-refractivity contribution is 0.675. The van der Waals surface area contributed by atoms with Crippen LogP contribution in [0.15, 0.2) is 60.9 Å². The molecule has 18 heavy (non-hydrogen) atoms. The van der Waals surface area contributed by atoms with E-state index in [9.17, 15) is 0 Å². The number of imidazole rings is 1. The zero-order valence-electron chi connectivity index (χ0n) is 10.1. The van der Waals surface area contributed by atoms with Gasteiger partial charge in [-0.15, -0.1) is 0 Å². The first-order valence-electron chi connectivity index (χ1n) is 6.09. The van der Waals surface area contributed by atoms with E-state index in [-0.39, 0.29) is 0 Å². The molecule has 90 valence electrons. The van der Waals surface area contributed by atoms with Gasteiger partial charge in [0.15, 0.2) is 0 Å². The smallest absolute Gasteiger partial charge is 0.136 e. The quantitative estimate of drug-likeness (QED) is 0.755. The second-order valence-electron chi connectivity index (χ2n) is 4.27. The molecule has 0 aliphatic heterocycles. The number of fused-ring (bicyclic) bond motifs is 1. The van der Waals surface area contributed by atoms with E-state index in [2.05, 4.69) is 39.0 Å². The van der Waals surface area contributed by atoms with Crippen LogP contribution in [0.5, 0.6) is 0 Å². The first kappa shape index (κ1) is 11.0. The Hall–Kier alpha value is -2.13. The third kappa shape index (κ3) is 2.26. The van der Waals surface area contributed by atoms with E-state index < -0.39 is 0 Å². The lowest BCUT2D eigenvalue weighted by Crippen LogP contribution is -2.13. The van der Waals surface area contributed by atoms with Gasteiger partial charge in [0.2, 0.25) is 0 Å². The highest BCUT2D eigenvalue weighted by Gasteiger charge is 2.01. The number of hydrogen-bond acceptors (Lipinski definition) is 2. The Balaban J connectivity index is 1.67. The van der Waals surface area contributed by atoms with Crippen molar-refractivity contribution in [2.24, 2.45) is 0 Å². The van der Waals surface area contributed by atoms with Crippen LogP contribution < -0.4 is 5.32 Å². The number of hydrogen-bond donors (Lipinski definition) is 1. The molecule has 3 rings (SSSR count). The molecule has 0 aliphatic rings. The van der Waals surface area contributed by atoms with Crippen LogP contribution in [0.3, 0.4) is 0 Å². The number of nitrogens with zero attached hydrogens (tertiary/aromatic N) is 2. The molecule has 2 heterocycles. The van der Waals surface area contributed by atoms with Crippen LogP contribution in [0, 0.1) is 0 Å². The van der Waals surface area contributed by atoms with Gasteiger partial charge in [-0.05, 0) is 17.7 Å². The minimum atomic E-state index is 0.820. The number of nitrogens with one attached hydrogen (secondary N) is 1. The molecule has 3 heteroatoms. The maximum Gasteiger partial charge on any atom is 0.136 e. The normalized spacial score (nSPS) is 10.9. The lowest BCUT2D eigenvalue weighted by atomic mass is 10.2. The van der Waals surface area contributed by atoms with Crippen molar-refractivity contribution in [1.29, 1.82) is 0 Å². The molecule has 0 radical (unpaired) electrons. The maximum absolute atomic E-state index is 4.37. The van der Waals surface area contributed by atoms with Crippen molar-refractivity contribution in [2.45, 2.75) is 13.1 Å². The zero-order valence-corrected chi connectivity index (χ0v) is 10.1. The van der Waals surface area contributed by atoms with Crippen molar-refractivity contribution >= 4 is 5.65 Å². The molecule has 1 N–H and O–H groups in total. The highest BCUT2D eigenvalue weighted by atomic mass is 15.0. The highest BCUT2D eigenvalue weighted by molar-refractivity contribution is 5.39. The summed E-state index contributed by atoms with van der Waals surface area (Å²) in [6.07, 6.45) is 3.97. The minimum absolute atomic E-state index is 0.820. The van der Waals surface area contributed by atoms with Crippen LogP contribution in [0.1, 0.15) is 11.3 Å². The van der Waals surface area contributed by atoms with E-state index in [0.717, 1.165) is 18.7 Å². The lowest BCUT2D eigenvalue weighted by Gasteiger charge is -2.04. The molecule has 3 nitrogen and oxygen atoms in total. The molecule has 0 bridgehead atoms. The summed E-state index contributed by atoms with van der Waals surface area (Å²) in [6.45, 7) is 1.70. The van der Waals surface area contributed by atoms with Gasteiger partial charge in [-0.1, -0.05) is 36.4 Å². The van der Waals surface area contributed by atoms with Gasteiger partial charge in [0, 0.05) is 19.3 Å². The number of benzene rings is 1. The fourth-order valence-electron chi connectivity index (χ4n) is 2.05. The number of aromatic nitrogens is 2. The standard InChI is InChI=1S/C15H15N3/c1-2-6-13(7-3-1)10-16-11-14-12-17-15-8-4-5-9-18(14)15/h1-9,12,16H,10-11H2. The van der Waals surface area contributed by atoms with Gasteiger partial charge in [0.05, 0.1) is 11.9 Å². The van der Waals surface area contributed by atoms with Crippen molar-refractivity contribution in [2.75, 3.05) is 0 Å². The second-order valence-corrected chi connectivity index (χ2v) is 4.27. The Bertz CT molecular complexity index is 628. The molecule has 0 spiro atoms. The van der Waals surface area contributed by atoms with E-state index >= 15 is 0 Å². The third-order valence-electron chi connectivity index (χ3n) is 2.97. The highest BCUT2D eigenvalue weighted by Crippen LogP contribution is 2.06. The van der Waals surface area contributed by atoms with Crippen LogP contribution in [-0.4, -0.2) is 9.38 Å². The molecule has 1 aromatic carbocycles. The minimum Gasteiger partial charge on any atom is -0.307 e. The summed E-state index contributed by atoms with van der Waals surface area (Å²) < 4.78 is 2.11. The fourth-order valence-corrected chi connectivity index (χ4v) is 2.05. The van der Waals surface area contributed by atoms with Crippen LogP contribution in [-0.2, 0) is 13.1 Å². The number of pyridine rings is 1. The van der Waals surface area contributed by atoms with Crippen molar-refractivity contribution in [3.63, 3.8) is 0 Å². The average molecular weight is 237 g/mol. The number of rotatable bonds is 4. The average Bonchev–Trinajstić information content (AvgIpc) is 2.84. The predicted octanol–water partition coefficient (Wildman–Crippen LogP) is 2.62. The summed E-state index contributed by atoms with van der Waals surface area (Å²) in [5, 5.41) is 3.44. The Labute approximate surface area is 106 Å². The van der Waals surface area contributed by atoms with E-state index in [0.29, 0.717) is 0 Å². The van der Waals surface area contributed by atoms with Gasteiger partial charge >= 0.3 is 0 Å². The SMILES string of the molecule is c1ccc(CNCc2cnc3ccccn23)cc1.